The van der Waals surface area contributed by atoms with Crippen LogP contribution in [0.25, 0.3) is 0 Å². The molecule has 0 unspecified atom stereocenters. The van der Waals surface area contributed by atoms with E-state index < -0.39 is 0 Å². The van der Waals surface area contributed by atoms with Crippen molar-refractivity contribution in [1.82, 2.24) is 9.62 Å². The molecule has 0 aliphatic carbocycles. The van der Waals surface area contributed by atoms with Crippen molar-refractivity contribution in [2.24, 2.45) is 0 Å². The molecular formula is C5H12N2S. The predicted molar refractivity (Wildman–Crippen MR) is 37.9 cm³/mol. The normalized spacial score (nSPS) is 23.2. The van der Waals surface area contributed by atoms with E-state index in [1.165, 1.54) is 13.1 Å². The molecule has 0 atom stereocenters. The SMILES string of the molecule is CSNC1CN(C)C1. The number of hydrogen-bond donors (Lipinski definition) is 1. The number of nitrogens with one attached hydrogen (secondary N) is 1. The molecule has 2 nitrogen and oxygen atoms in total. The second-order valence-corrected chi connectivity index (χ2v) is 2.88. The summed E-state index contributed by atoms with van der Waals surface area (Å²) in [5.74, 6) is 0. The summed E-state index contributed by atoms with van der Waals surface area (Å²) >= 11 is 1.71. The van der Waals surface area contributed by atoms with Crippen molar-refractivity contribution in [1.29, 1.82) is 0 Å². The van der Waals surface area contributed by atoms with E-state index >= 15 is 0 Å². The number of likely N-dealkylation sites (tertiary alicyclic amines) is 1. The van der Waals surface area contributed by atoms with E-state index in [1.54, 1.807) is 11.9 Å². The van der Waals surface area contributed by atoms with Crippen molar-refractivity contribution in [3.05, 3.63) is 0 Å². The molecule has 0 aromatic carbocycles. The maximum absolute atomic E-state index is 3.29. The van der Waals surface area contributed by atoms with Crippen LogP contribution in [0.4, 0.5) is 0 Å². The summed E-state index contributed by atoms with van der Waals surface area (Å²) in [6.07, 6.45) is 2.07. The van der Waals surface area contributed by atoms with Crippen LogP contribution in [-0.4, -0.2) is 37.3 Å². The Morgan fingerprint density at radius 1 is 1.62 bits per heavy atom. The Kier molecular flexibility index (Phi) is 2.16. The minimum atomic E-state index is 0.745. The van der Waals surface area contributed by atoms with Crippen LogP contribution in [0, 0.1) is 0 Å². The largest absolute Gasteiger partial charge is 0.303 e. The summed E-state index contributed by atoms with van der Waals surface area (Å²) in [6, 6.07) is 0.745. The first-order chi connectivity index (χ1) is 3.83. The number of likely N-dealkylation sites (N-methyl/N-ethyl adjacent to an activating group) is 1. The lowest BCUT2D eigenvalue weighted by molar-refractivity contribution is 0.182. The Labute approximate surface area is 54.8 Å². The van der Waals surface area contributed by atoms with Crippen molar-refractivity contribution >= 4 is 11.9 Å². The van der Waals surface area contributed by atoms with E-state index in [2.05, 4.69) is 22.9 Å². The van der Waals surface area contributed by atoms with E-state index in [-0.39, 0.29) is 0 Å². The Morgan fingerprint density at radius 2 is 2.25 bits per heavy atom. The number of hydrogen-bond acceptors (Lipinski definition) is 3. The van der Waals surface area contributed by atoms with Gasteiger partial charge in [-0.2, -0.15) is 0 Å². The van der Waals surface area contributed by atoms with Gasteiger partial charge in [0, 0.05) is 19.1 Å². The molecule has 0 saturated carbocycles. The lowest BCUT2D eigenvalue weighted by Gasteiger charge is -2.35. The van der Waals surface area contributed by atoms with Gasteiger partial charge in [0.1, 0.15) is 0 Å². The number of rotatable bonds is 2. The molecule has 0 aromatic rings. The summed E-state index contributed by atoms with van der Waals surface area (Å²) in [5.41, 5.74) is 0. The number of nitrogens with zero attached hydrogens (tertiary/aromatic N) is 1. The summed E-state index contributed by atoms with van der Waals surface area (Å²) < 4.78 is 3.29. The van der Waals surface area contributed by atoms with Gasteiger partial charge in [-0.25, -0.2) is 0 Å². The quantitative estimate of drug-likeness (QED) is 0.539. The molecule has 48 valence electrons. The molecule has 0 spiro atoms. The van der Waals surface area contributed by atoms with Crippen molar-refractivity contribution in [3.63, 3.8) is 0 Å². The lowest BCUT2D eigenvalue weighted by atomic mass is 10.2. The average Bonchev–Trinajstić information content (AvgIpc) is 1.64. The van der Waals surface area contributed by atoms with Crippen LogP contribution in [0.1, 0.15) is 0 Å². The summed E-state index contributed by atoms with van der Waals surface area (Å²) in [4.78, 5) is 2.30. The third-order valence-corrected chi connectivity index (χ3v) is 1.92. The first kappa shape index (κ1) is 6.39. The molecule has 1 fully saturated rings. The van der Waals surface area contributed by atoms with Crippen molar-refractivity contribution in [3.8, 4) is 0 Å². The van der Waals surface area contributed by atoms with Crippen LogP contribution in [0.2, 0.25) is 0 Å². The molecule has 1 aliphatic rings. The molecule has 0 amide bonds. The monoisotopic (exact) mass is 132 g/mol. The third-order valence-electron chi connectivity index (χ3n) is 1.35. The summed E-state index contributed by atoms with van der Waals surface area (Å²) in [7, 11) is 2.14. The standard InChI is InChI=1S/C5H12N2S/c1-7-3-5(4-7)6-8-2/h5-6H,3-4H2,1-2H3. The minimum Gasteiger partial charge on any atom is -0.303 e. The highest BCUT2D eigenvalue weighted by molar-refractivity contribution is 7.96. The van der Waals surface area contributed by atoms with E-state index in [9.17, 15) is 0 Å². The highest BCUT2D eigenvalue weighted by atomic mass is 32.2. The van der Waals surface area contributed by atoms with E-state index in [1.807, 2.05) is 0 Å². The average molecular weight is 132 g/mol. The van der Waals surface area contributed by atoms with Crippen molar-refractivity contribution < 1.29 is 0 Å². The fourth-order valence-corrected chi connectivity index (χ4v) is 1.42. The molecule has 8 heavy (non-hydrogen) atoms. The van der Waals surface area contributed by atoms with Gasteiger partial charge in [0.05, 0.1) is 0 Å². The fraction of sp³-hybridized carbons (Fsp3) is 1.00. The van der Waals surface area contributed by atoms with Crippen LogP contribution < -0.4 is 4.72 Å². The van der Waals surface area contributed by atoms with Crippen LogP contribution >= 0.6 is 11.9 Å². The van der Waals surface area contributed by atoms with Gasteiger partial charge in [0.2, 0.25) is 0 Å². The van der Waals surface area contributed by atoms with Crippen molar-refractivity contribution in [2.45, 2.75) is 6.04 Å². The zero-order valence-electron chi connectivity index (χ0n) is 5.35. The molecule has 1 rings (SSSR count). The van der Waals surface area contributed by atoms with Crippen LogP contribution in [0.3, 0.4) is 0 Å². The van der Waals surface area contributed by atoms with Gasteiger partial charge in [0.15, 0.2) is 0 Å². The van der Waals surface area contributed by atoms with Gasteiger partial charge in [-0.05, 0) is 13.3 Å². The van der Waals surface area contributed by atoms with Crippen LogP contribution in [0.15, 0.2) is 0 Å². The van der Waals surface area contributed by atoms with Gasteiger partial charge >= 0.3 is 0 Å². The second kappa shape index (κ2) is 2.71. The topological polar surface area (TPSA) is 15.3 Å². The van der Waals surface area contributed by atoms with E-state index in [0.717, 1.165) is 6.04 Å². The zero-order chi connectivity index (χ0) is 5.98. The third kappa shape index (κ3) is 1.37. The molecule has 0 aromatic heterocycles. The maximum Gasteiger partial charge on any atom is 0.0426 e. The molecule has 1 aliphatic heterocycles. The summed E-state index contributed by atoms with van der Waals surface area (Å²) in [5, 5.41) is 0. The molecule has 1 saturated heterocycles. The van der Waals surface area contributed by atoms with Crippen molar-refractivity contribution in [2.75, 3.05) is 26.4 Å². The van der Waals surface area contributed by atoms with E-state index in [0.29, 0.717) is 0 Å². The highest BCUT2D eigenvalue weighted by Gasteiger charge is 2.21. The Bertz CT molecular complexity index is 68.1. The van der Waals surface area contributed by atoms with Gasteiger partial charge in [0.25, 0.3) is 0 Å². The molecular weight excluding hydrogens is 120 g/mol. The lowest BCUT2D eigenvalue weighted by Crippen LogP contribution is -2.53. The zero-order valence-corrected chi connectivity index (χ0v) is 6.16. The fourth-order valence-electron chi connectivity index (χ4n) is 0.940. The molecule has 3 heteroatoms. The Hall–Kier alpha value is 0.270. The predicted octanol–water partition coefficient (Wildman–Crippen LogP) is 0.168. The van der Waals surface area contributed by atoms with Gasteiger partial charge in [-0.3, -0.25) is 4.72 Å². The van der Waals surface area contributed by atoms with Gasteiger partial charge in [-0.1, -0.05) is 11.9 Å². The highest BCUT2D eigenvalue weighted by Crippen LogP contribution is 2.05. The van der Waals surface area contributed by atoms with Gasteiger partial charge < -0.3 is 4.90 Å². The van der Waals surface area contributed by atoms with Crippen LogP contribution in [-0.2, 0) is 0 Å². The Balaban J connectivity index is 1.98. The first-order valence-electron chi connectivity index (χ1n) is 2.80. The smallest absolute Gasteiger partial charge is 0.0426 e. The molecule has 1 heterocycles. The Morgan fingerprint density at radius 3 is 2.62 bits per heavy atom. The summed E-state index contributed by atoms with van der Waals surface area (Å²) in [6.45, 7) is 2.42. The minimum absolute atomic E-state index is 0.745. The van der Waals surface area contributed by atoms with Crippen LogP contribution in [0.5, 0.6) is 0 Å². The second-order valence-electron chi connectivity index (χ2n) is 2.24. The van der Waals surface area contributed by atoms with E-state index in [4.69, 9.17) is 0 Å². The molecule has 0 radical (unpaired) electrons. The van der Waals surface area contributed by atoms with Gasteiger partial charge in [-0.15, -0.1) is 0 Å². The molecule has 0 bridgehead atoms. The first-order valence-corrected chi connectivity index (χ1v) is 4.02. The maximum atomic E-state index is 3.29. The molecule has 1 N–H and O–H groups in total.